The predicted octanol–water partition coefficient (Wildman–Crippen LogP) is 4.88. The van der Waals surface area contributed by atoms with Crippen LogP contribution in [0, 0.1) is 0 Å². The molecule has 1 aliphatic rings. The fourth-order valence-corrected chi connectivity index (χ4v) is 3.68. The molecular weight excluding hydrogens is 288 g/mol. The second-order valence-corrected chi connectivity index (χ2v) is 6.08. The number of halogens is 1. The van der Waals surface area contributed by atoms with E-state index >= 15 is 0 Å². The summed E-state index contributed by atoms with van der Waals surface area (Å²) in [6.07, 6.45) is 4.02. The summed E-state index contributed by atoms with van der Waals surface area (Å²) < 4.78 is 0. The fourth-order valence-electron chi connectivity index (χ4n) is 2.40. The Kier molecular flexibility index (Phi) is 5.93. The molecule has 3 heteroatoms. The third kappa shape index (κ3) is 3.56. The van der Waals surface area contributed by atoms with Crippen LogP contribution in [0.5, 0.6) is 0 Å². The van der Waals surface area contributed by atoms with Crippen LogP contribution in [0.4, 0.5) is 0 Å². The molecule has 0 aliphatic carbocycles. The summed E-state index contributed by atoms with van der Waals surface area (Å²) in [6.45, 7) is 2.03. The molecule has 0 spiro atoms. The first kappa shape index (κ1) is 15.4. The highest BCUT2D eigenvalue weighted by Gasteiger charge is 2.18. The first-order valence-electron chi connectivity index (χ1n) is 6.92. The van der Waals surface area contributed by atoms with Crippen LogP contribution in [-0.2, 0) is 0 Å². The maximum Gasteiger partial charge on any atom is 0.189 e. The highest BCUT2D eigenvalue weighted by atomic mass is 35.5. The van der Waals surface area contributed by atoms with Crippen molar-refractivity contribution in [1.29, 1.82) is 0 Å². The number of rotatable bonds is 5. The first-order valence-corrected chi connectivity index (χ1v) is 8.61. The van der Waals surface area contributed by atoms with Gasteiger partial charge in [0.1, 0.15) is 0 Å². The third-order valence-corrected chi connectivity index (χ3v) is 4.77. The van der Waals surface area contributed by atoms with Crippen LogP contribution in [0.1, 0.15) is 30.1 Å². The molecule has 0 saturated carbocycles. The summed E-state index contributed by atoms with van der Waals surface area (Å²) in [5.74, 6) is 2.65. The van der Waals surface area contributed by atoms with E-state index in [0.29, 0.717) is 5.88 Å². The highest BCUT2D eigenvalue weighted by Crippen LogP contribution is 2.28. The van der Waals surface area contributed by atoms with Gasteiger partial charge >= 0.3 is 0 Å². The van der Waals surface area contributed by atoms with Gasteiger partial charge in [0.25, 0.3) is 0 Å². The van der Waals surface area contributed by atoms with Crippen LogP contribution in [0.3, 0.4) is 0 Å². The van der Waals surface area contributed by atoms with Crippen LogP contribution < -0.4 is 0 Å². The minimum absolute atomic E-state index is 0.111. The molecule has 20 heavy (non-hydrogen) atoms. The maximum absolute atomic E-state index is 12.7. The largest absolute Gasteiger partial charge is 0.289 e. The molecule has 0 radical (unpaired) electrons. The van der Waals surface area contributed by atoms with E-state index in [4.69, 9.17) is 11.6 Å². The van der Waals surface area contributed by atoms with Crippen molar-refractivity contribution < 1.29 is 4.79 Å². The zero-order valence-corrected chi connectivity index (χ0v) is 13.3. The molecule has 1 nitrogen and oxygen atoms in total. The highest BCUT2D eigenvalue weighted by molar-refractivity contribution is 7.99. The van der Waals surface area contributed by atoms with Crippen molar-refractivity contribution in [3.05, 3.63) is 58.7 Å². The Morgan fingerprint density at radius 1 is 1.30 bits per heavy atom. The smallest absolute Gasteiger partial charge is 0.189 e. The Morgan fingerprint density at radius 3 is 2.60 bits per heavy atom. The quantitative estimate of drug-likeness (QED) is 0.438. The van der Waals surface area contributed by atoms with Gasteiger partial charge in [-0.3, -0.25) is 4.79 Å². The van der Waals surface area contributed by atoms with E-state index in [1.54, 1.807) is 0 Å². The molecule has 0 unspecified atom stereocenters. The second kappa shape index (κ2) is 7.70. The monoisotopic (exact) mass is 306 g/mol. The molecule has 0 atom stereocenters. The SMILES string of the molecule is CC/C(C(=O)c1ccccc1)=C(/CCl)C1=CCCSC1. The molecule has 0 fully saturated rings. The summed E-state index contributed by atoms with van der Waals surface area (Å²) in [4.78, 5) is 12.7. The van der Waals surface area contributed by atoms with Gasteiger partial charge in [0.05, 0.1) is 0 Å². The minimum Gasteiger partial charge on any atom is -0.289 e. The first-order chi connectivity index (χ1) is 9.77. The van der Waals surface area contributed by atoms with Gasteiger partial charge in [-0.25, -0.2) is 0 Å². The lowest BCUT2D eigenvalue weighted by Gasteiger charge is -2.18. The molecule has 1 aliphatic heterocycles. The van der Waals surface area contributed by atoms with Gasteiger partial charge in [-0.1, -0.05) is 43.3 Å². The van der Waals surface area contributed by atoms with Crippen LogP contribution in [0.2, 0.25) is 0 Å². The van der Waals surface area contributed by atoms with Gasteiger partial charge in [0, 0.05) is 22.8 Å². The van der Waals surface area contributed by atoms with Crippen LogP contribution >= 0.6 is 23.4 Å². The van der Waals surface area contributed by atoms with Crippen molar-refractivity contribution in [3.8, 4) is 0 Å². The molecule has 1 heterocycles. The number of thioether (sulfide) groups is 1. The summed E-state index contributed by atoms with van der Waals surface area (Å²) in [7, 11) is 0. The zero-order valence-electron chi connectivity index (χ0n) is 11.7. The van der Waals surface area contributed by atoms with E-state index in [0.717, 1.165) is 41.1 Å². The molecule has 1 aromatic carbocycles. The Labute approximate surface area is 130 Å². The van der Waals surface area contributed by atoms with Crippen molar-refractivity contribution in [2.75, 3.05) is 17.4 Å². The molecule has 0 amide bonds. The molecule has 106 valence electrons. The number of ketones is 1. The van der Waals surface area contributed by atoms with Crippen molar-refractivity contribution >= 4 is 29.1 Å². The fraction of sp³-hybridized carbons (Fsp3) is 0.353. The van der Waals surface area contributed by atoms with Crippen molar-refractivity contribution in [3.63, 3.8) is 0 Å². The number of allylic oxidation sites excluding steroid dienone is 3. The zero-order chi connectivity index (χ0) is 14.4. The molecule has 0 bridgehead atoms. The van der Waals surface area contributed by atoms with Gasteiger partial charge in [-0.05, 0) is 29.7 Å². The second-order valence-electron chi connectivity index (χ2n) is 4.71. The molecule has 0 aromatic heterocycles. The lowest BCUT2D eigenvalue weighted by molar-refractivity contribution is 0.103. The Morgan fingerprint density at radius 2 is 2.05 bits per heavy atom. The van der Waals surface area contributed by atoms with E-state index < -0.39 is 0 Å². The van der Waals surface area contributed by atoms with E-state index in [1.165, 1.54) is 5.57 Å². The normalized spacial score (nSPS) is 16.4. The summed E-state index contributed by atoms with van der Waals surface area (Å²) in [6, 6.07) is 9.46. The van der Waals surface area contributed by atoms with E-state index in [-0.39, 0.29) is 5.78 Å². The van der Waals surface area contributed by atoms with Crippen LogP contribution in [0.25, 0.3) is 0 Å². The molecular formula is C17H19ClOS. The number of alkyl halides is 1. The lowest BCUT2D eigenvalue weighted by Crippen LogP contribution is -2.11. The molecule has 1 aromatic rings. The average molecular weight is 307 g/mol. The van der Waals surface area contributed by atoms with Gasteiger partial charge in [0.15, 0.2) is 5.78 Å². The number of carbonyl (C=O) groups is 1. The number of hydrogen-bond acceptors (Lipinski definition) is 2. The van der Waals surface area contributed by atoms with Gasteiger partial charge < -0.3 is 0 Å². The Hall–Kier alpha value is -0.990. The molecule has 2 rings (SSSR count). The Balaban J connectivity index is 2.39. The van der Waals surface area contributed by atoms with Crippen LogP contribution in [-0.4, -0.2) is 23.2 Å². The summed E-state index contributed by atoms with van der Waals surface area (Å²) >= 11 is 8.06. The van der Waals surface area contributed by atoms with Gasteiger partial charge in [-0.2, -0.15) is 11.8 Å². The molecule has 0 saturated heterocycles. The van der Waals surface area contributed by atoms with Crippen molar-refractivity contribution in [2.24, 2.45) is 0 Å². The minimum atomic E-state index is 0.111. The predicted molar refractivity (Wildman–Crippen MR) is 88.8 cm³/mol. The average Bonchev–Trinajstić information content (AvgIpc) is 2.53. The van der Waals surface area contributed by atoms with Crippen LogP contribution in [0.15, 0.2) is 53.1 Å². The van der Waals surface area contributed by atoms with Crippen molar-refractivity contribution in [2.45, 2.75) is 19.8 Å². The topological polar surface area (TPSA) is 17.1 Å². The number of carbonyl (C=O) groups excluding carboxylic acids is 1. The summed E-state index contributed by atoms with van der Waals surface area (Å²) in [5.41, 5.74) is 3.89. The Bertz CT molecular complexity index is 531. The van der Waals surface area contributed by atoms with Crippen molar-refractivity contribution in [1.82, 2.24) is 0 Å². The van der Waals surface area contributed by atoms with Gasteiger partial charge in [-0.15, -0.1) is 11.6 Å². The standard InChI is InChI=1S/C17H19ClOS/c1-2-15(17(19)13-7-4-3-5-8-13)16(11-18)14-9-6-10-20-12-14/h3-5,7-9H,2,6,10-12H2,1H3/b16-15+. The third-order valence-electron chi connectivity index (χ3n) is 3.46. The maximum atomic E-state index is 12.7. The lowest BCUT2D eigenvalue weighted by atomic mass is 9.93. The number of benzene rings is 1. The van der Waals surface area contributed by atoms with E-state index in [1.807, 2.05) is 49.0 Å². The number of Topliss-reactive ketones (excluding diaryl/α,β-unsaturated/α-hetero) is 1. The molecule has 0 N–H and O–H groups in total. The number of hydrogen-bond donors (Lipinski definition) is 0. The van der Waals surface area contributed by atoms with E-state index in [2.05, 4.69) is 6.08 Å². The van der Waals surface area contributed by atoms with E-state index in [9.17, 15) is 4.79 Å². The van der Waals surface area contributed by atoms with Gasteiger partial charge in [0.2, 0.25) is 0 Å². The summed E-state index contributed by atoms with van der Waals surface area (Å²) in [5, 5.41) is 0.